The molecular formula is C11H11ClN2O. The van der Waals surface area contributed by atoms with Gasteiger partial charge in [-0.1, -0.05) is 11.6 Å². The second kappa shape index (κ2) is 4.47. The first-order valence-electron chi connectivity index (χ1n) is 4.70. The Balaban J connectivity index is 2.25. The lowest BCUT2D eigenvalue weighted by Gasteiger charge is -2.00. The molecule has 0 fully saturated rings. The number of hydrogen-bond donors (Lipinski definition) is 1. The second-order valence-corrected chi connectivity index (χ2v) is 3.68. The summed E-state index contributed by atoms with van der Waals surface area (Å²) in [4.78, 5) is 0. The highest BCUT2D eigenvalue weighted by Gasteiger charge is 2.00. The highest BCUT2D eigenvalue weighted by molar-refractivity contribution is 6.30. The third kappa shape index (κ3) is 2.37. The molecule has 4 heteroatoms. The molecule has 0 radical (unpaired) electrons. The molecule has 78 valence electrons. The van der Waals surface area contributed by atoms with E-state index < -0.39 is 0 Å². The predicted octanol–water partition coefficient (Wildman–Crippen LogP) is 2.06. The lowest BCUT2D eigenvalue weighted by Crippen LogP contribution is -1.93. The van der Waals surface area contributed by atoms with Crippen LogP contribution >= 0.6 is 11.6 Å². The van der Waals surface area contributed by atoms with Crippen molar-refractivity contribution in [2.24, 2.45) is 0 Å². The molecule has 3 nitrogen and oxygen atoms in total. The minimum absolute atomic E-state index is 0.145. The Hall–Kier alpha value is -1.32. The molecule has 0 spiro atoms. The van der Waals surface area contributed by atoms with E-state index in [4.69, 9.17) is 16.7 Å². The molecule has 15 heavy (non-hydrogen) atoms. The lowest BCUT2D eigenvalue weighted by atomic mass is 10.3. The van der Waals surface area contributed by atoms with E-state index in [1.54, 1.807) is 10.9 Å². The van der Waals surface area contributed by atoms with Crippen molar-refractivity contribution in [2.45, 2.75) is 6.42 Å². The van der Waals surface area contributed by atoms with Gasteiger partial charge >= 0.3 is 0 Å². The van der Waals surface area contributed by atoms with E-state index in [1.807, 2.05) is 30.5 Å². The number of halogens is 1. The predicted molar refractivity (Wildman–Crippen MR) is 59.4 cm³/mol. The number of hydrogen-bond acceptors (Lipinski definition) is 2. The van der Waals surface area contributed by atoms with Crippen LogP contribution in [0.5, 0.6) is 0 Å². The SMILES string of the molecule is OCCc1cnn(-c2ccc(Cl)cc2)c1. The van der Waals surface area contributed by atoms with Gasteiger partial charge in [0.1, 0.15) is 0 Å². The molecule has 0 saturated carbocycles. The van der Waals surface area contributed by atoms with E-state index >= 15 is 0 Å². The molecule has 0 aliphatic carbocycles. The summed E-state index contributed by atoms with van der Waals surface area (Å²) >= 11 is 5.79. The molecule has 1 heterocycles. The summed E-state index contributed by atoms with van der Waals surface area (Å²) < 4.78 is 1.77. The van der Waals surface area contributed by atoms with Gasteiger partial charge in [0, 0.05) is 17.8 Å². The zero-order valence-corrected chi connectivity index (χ0v) is 8.85. The Labute approximate surface area is 92.9 Å². The fraction of sp³-hybridized carbons (Fsp3) is 0.182. The van der Waals surface area contributed by atoms with Gasteiger partial charge in [-0.05, 0) is 36.2 Å². The molecule has 0 atom stereocenters. The van der Waals surface area contributed by atoms with E-state index in [-0.39, 0.29) is 6.61 Å². The zero-order chi connectivity index (χ0) is 10.7. The molecule has 0 aliphatic rings. The van der Waals surface area contributed by atoms with E-state index in [9.17, 15) is 0 Å². The fourth-order valence-electron chi connectivity index (χ4n) is 1.35. The van der Waals surface area contributed by atoms with Gasteiger partial charge in [0.2, 0.25) is 0 Å². The van der Waals surface area contributed by atoms with Gasteiger partial charge in [0.25, 0.3) is 0 Å². The number of aliphatic hydroxyl groups is 1. The van der Waals surface area contributed by atoms with Gasteiger partial charge in [-0.15, -0.1) is 0 Å². The van der Waals surface area contributed by atoms with Gasteiger partial charge in [0.15, 0.2) is 0 Å². The molecule has 2 rings (SSSR count). The maximum absolute atomic E-state index is 8.78. The Morgan fingerprint density at radius 1 is 1.27 bits per heavy atom. The standard InChI is InChI=1S/C11H11ClN2O/c12-10-1-3-11(4-2-10)14-8-9(5-6-15)7-13-14/h1-4,7-8,15H,5-6H2. The highest BCUT2D eigenvalue weighted by atomic mass is 35.5. The van der Waals surface area contributed by atoms with Gasteiger partial charge in [0.05, 0.1) is 11.9 Å². The molecule has 0 bridgehead atoms. The van der Waals surface area contributed by atoms with Crippen molar-refractivity contribution < 1.29 is 5.11 Å². The number of benzene rings is 1. The topological polar surface area (TPSA) is 38.1 Å². The quantitative estimate of drug-likeness (QED) is 0.864. The third-order valence-corrected chi connectivity index (χ3v) is 2.38. The smallest absolute Gasteiger partial charge is 0.0646 e. The second-order valence-electron chi connectivity index (χ2n) is 3.24. The van der Waals surface area contributed by atoms with E-state index in [0.717, 1.165) is 11.3 Å². The van der Waals surface area contributed by atoms with Crippen molar-refractivity contribution in [3.8, 4) is 5.69 Å². The van der Waals surface area contributed by atoms with Gasteiger partial charge in [-0.25, -0.2) is 4.68 Å². The van der Waals surface area contributed by atoms with Crippen LogP contribution in [0.3, 0.4) is 0 Å². The van der Waals surface area contributed by atoms with Crippen LogP contribution in [-0.2, 0) is 6.42 Å². The molecule has 2 aromatic rings. The first kappa shape index (κ1) is 10.2. The van der Waals surface area contributed by atoms with Gasteiger partial charge < -0.3 is 5.11 Å². The van der Waals surface area contributed by atoms with Gasteiger partial charge in [-0.3, -0.25) is 0 Å². The normalized spacial score (nSPS) is 10.5. The third-order valence-electron chi connectivity index (χ3n) is 2.13. The number of aliphatic hydroxyl groups excluding tert-OH is 1. The number of rotatable bonds is 3. The maximum Gasteiger partial charge on any atom is 0.0646 e. The minimum Gasteiger partial charge on any atom is -0.396 e. The Morgan fingerprint density at radius 2 is 2.00 bits per heavy atom. The number of aromatic nitrogens is 2. The summed E-state index contributed by atoms with van der Waals surface area (Å²) in [6.07, 6.45) is 4.29. The molecule has 1 aromatic carbocycles. The van der Waals surface area contributed by atoms with Crippen molar-refractivity contribution in [3.63, 3.8) is 0 Å². The summed E-state index contributed by atoms with van der Waals surface area (Å²) in [5.74, 6) is 0. The monoisotopic (exact) mass is 222 g/mol. The molecule has 0 saturated heterocycles. The van der Waals surface area contributed by atoms with E-state index in [2.05, 4.69) is 5.10 Å². The molecule has 1 aromatic heterocycles. The average Bonchev–Trinajstić information content (AvgIpc) is 2.68. The Kier molecular flexibility index (Phi) is 3.04. The maximum atomic E-state index is 8.78. The van der Waals surface area contributed by atoms with Crippen molar-refractivity contribution >= 4 is 11.6 Å². The van der Waals surface area contributed by atoms with Crippen LogP contribution in [0.25, 0.3) is 5.69 Å². The molecule has 0 unspecified atom stereocenters. The summed E-state index contributed by atoms with van der Waals surface area (Å²) in [5.41, 5.74) is 1.98. The minimum atomic E-state index is 0.145. The molecule has 0 aliphatic heterocycles. The summed E-state index contributed by atoms with van der Waals surface area (Å²) in [6.45, 7) is 0.145. The van der Waals surface area contributed by atoms with E-state index in [1.165, 1.54) is 0 Å². The molecule has 1 N–H and O–H groups in total. The highest BCUT2D eigenvalue weighted by Crippen LogP contribution is 2.13. The van der Waals surface area contributed by atoms with Gasteiger partial charge in [-0.2, -0.15) is 5.10 Å². The Bertz CT molecular complexity index is 436. The summed E-state index contributed by atoms with van der Waals surface area (Å²) in [6, 6.07) is 7.45. The van der Waals surface area contributed by atoms with Crippen molar-refractivity contribution in [1.29, 1.82) is 0 Å². The van der Waals surface area contributed by atoms with Crippen molar-refractivity contribution in [1.82, 2.24) is 9.78 Å². The summed E-state index contributed by atoms with van der Waals surface area (Å²) in [7, 11) is 0. The van der Waals surface area contributed by atoms with Crippen LogP contribution in [-0.4, -0.2) is 21.5 Å². The number of nitrogens with zero attached hydrogens (tertiary/aromatic N) is 2. The first-order valence-corrected chi connectivity index (χ1v) is 5.08. The van der Waals surface area contributed by atoms with Crippen molar-refractivity contribution in [2.75, 3.05) is 6.61 Å². The average molecular weight is 223 g/mol. The van der Waals surface area contributed by atoms with Crippen LogP contribution in [0, 0.1) is 0 Å². The fourth-order valence-corrected chi connectivity index (χ4v) is 1.48. The first-order chi connectivity index (χ1) is 7.29. The van der Waals surface area contributed by atoms with Crippen LogP contribution in [0.15, 0.2) is 36.7 Å². The lowest BCUT2D eigenvalue weighted by molar-refractivity contribution is 0.299. The summed E-state index contributed by atoms with van der Waals surface area (Å²) in [5, 5.41) is 13.7. The van der Waals surface area contributed by atoms with Crippen LogP contribution < -0.4 is 0 Å². The Morgan fingerprint density at radius 3 is 2.67 bits per heavy atom. The van der Waals surface area contributed by atoms with Crippen LogP contribution in [0.4, 0.5) is 0 Å². The van der Waals surface area contributed by atoms with Crippen LogP contribution in [0.1, 0.15) is 5.56 Å². The largest absolute Gasteiger partial charge is 0.396 e. The van der Waals surface area contributed by atoms with Crippen molar-refractivity contribution in [3.05, 3.63) is 47.2 Å². The molecular weight excluding hydrogens is 212 g/mol. The molecule has 0 amide bonds. The van der Waals surface area contributed by atoms with Crippen LogP contribution in [0.2, 0.25) is 5.02 Å². The van der Waals surface area contributed by atoms with E-state index in [0.29, 0.717) is 11.4 Å². The zero-order valence-electron chi connectivity index (χ0n) is 8.10.